The van der Waals surface area contributed by atoms with Crippen molar-refractivity contribution in [3.8, 4) is 5.75 Å². The summed E-state index contributed by atoms with van der Waals surface area (Å²) in [6.45, 7) is 14.2. The summed E-state index contributed by atoms with van der Waals surface area (Å²) in [6.07, 6.45) is 0. The van der Waals surface area contributed by atoms with Gasteiger partial charge in [0, 0.05) is 0 Å². The zero-order chi connectivity index (χ0) is 11.6. The van der Waals surface area contributed by atoms with E-state index in [2.05, 4.69) is 45.6 Å². The maximum absolute atomic E-state index is 5.78. The van der Waals surface area contributed by atoms with E-state index in [1.807, 2.05) is 6.92 Å². The third-order valence-corrected chi connectivity index (χ3v) is 4.50. The summed E-state index contributed by atoms with van der Waals surface area (Å²) in [5, 5.41) is 1.45. The molecule has 0 radical (unpaired) electrons. The molecule has 0 saturated carbocycles. The molecule has 0 heterocycles. The molecule has 84 valence electrons. The van der Waals surface area contributed by atoms with Gasteiger partial charge in [0.2, 0.25) is 0 Å². The summed E-state index contributed by atoms with van der Waals surface area (Å²) in [5.41, 5.74) is 2.61. The molecule has 1 aromatic rings. The Morgan fingerprint density at radius 2 is 1.73 bits per heavy atom. The number of rotatable bonds is 3. The van der Waals surface area contributed by atoms with E-state index in [-0.39, 0.29) is 0 Å². The van der Waals surface area contributed by atoms with Gasteiger partial charge in [-0.25, -0.2) is 0 Å². The van der Waals surface area contributed by atoms with Gasteiger partial charge in [0.25, 0.3) is 0 Å². The van der Waals surface area contributed by atoms with Crippen LogP contribution >= 0.6 is 0 Å². The standard InChI is InChI=1S/C13H22OSi/c1-7-14-13-11(3)8-10(2)9-12(13)15(4,5)6/h8-9H,7H2,1-6H3. The minimum atomic E-state index is -1.30. The van der Waals surface area contributed by atoms with Crippen LogP contribution < -0.4 is 9.92 Å². The third kappa shape index (κ3) is 2.85. The Morgan fingerprint density at radius 1 is 1.13 bits per heavy atom. The lowest BCUT2D eigenvalue weighted by atomic mass is 10.1. The lowest BCUT2D eigenvalue weighted by Crippen LogP contribution is -2.39. The van der Waals surface area contributed by atoms with Crippen LogP contribution in [0.25, 0.3) is 0 Å². The monoisotopic (exact) mass is 222 g/mol. The molecule has 0 N–H and O–H groups in total. The Hall–Kier alpha value is -0.763. The third-order valence-electron chi connectivity index (χ3n) is 2.52. The Morgan fingerprint density at radius 3 is 2.20 bits per heavy atom. The van der Waals surface area contributed by atoms with Crippen molar-refractivity contribution in [1.82, 2.24) is 0 Å². The van der Waals surface area contributed by atoms with Crippen LogP contribution in [0.1, 0.15) is 18.1 Å². The first-order chi connectivity index (χ1) is 6.86. The van der Waals surface area contributed by atoms with E-state index in [1.165, 1.54) is 16.3 Å². The van der Waals surface area contributed by atoms with Crippen molar-refractivity contribution in [2.24, 2.45) is 0 Å². The van der Waals surface area contributed by atoms with Crippen molar-refractivity contribution >= 4 is 13.3 Å². The first kappa shape index (κ1) is 12.3. The zero-order valence-electron chi connectivity index (χ0n) is 10.8. The molecule has 0 bridgehead atoms. The number of hydrogen-bond acceptors (Lipinski definition) is 1. The fraction of sp³-hybridized carbons (Fsp3) is 0.538. The molecule has 0 aliphatic carbocycles. The lowest BCUT2D eigenvalue weighted by Gasteiger charge is -2.23. The molecule has 0 saturated heterocycles. The highest BCUT2D eigenvalue weighted by molar-refractivity contribution is 6.89. The summed E-state index contributed by atoms with van der Waals surface area (Å²) in [4.78, 5) is 0. The molecule has 1 rings (SSSR count). The van der Waals surface area contributed by atoms with Gasteiger partial charge < -0.3 is 4.74 Å². The first-order valence-electron chi connectivity index (χ1n) is 5.60. The summed E-state index contributed by atoms with van der Waals surface area (Å²) in [6, 6.07) is 4.50. The van der Waals surface area contributed by atoms with Crippen LogP contribution in [0.4, 0.5) is 0 Å². The van der Waals surface area contributed by atoms with Crippen LogP contribution in [0.15, 0.2) is 12.1 Å². The largest absolute Gasteiger partial charge is 0.494 e. The molecule has 0 amide bonds. The predicted octanol–water partition coefficient (Wildman–Crippen LogP) is 3.25. The van der Waals surface area contributed by atoms with Crippen LogP contribution in [0.3, 0.4) is 0 Å². The molecule has 0 spiro atoms. The van der Waals surface area contributed by atoms with E-state index in [4.69, 9.17) is 4.74 Å². The van der Waals surface area contributed by atoms with Gasteiger partial charge in [0.15, 0.2) is 0 Å². The van der Waals surface area contributed by atoms with Gasteiger partial charge in [-0.1, -0.05) is 37.3 Å². The van der Waals surface area contributed by atoms with Gasteiger partial charge in [-0.3, -0.25) is 0 Å². The highest BCUT2D eigenvalue weighted by atomic mass is 28.3. The molecule has 0 aromatic heterocycles. The highest BCUT2D eigenvalue weighted by Gasteiger charge is 2.22. The van der Waals surface area contributed by atoms with E-state index in [0.717, 1.165) is 12.4 Å². The summed E-state index contributed by atoms with van der Waals surface area (Å²) < 4.78 is 5.78. The SMILES string of the molecule is CCOc1c(C)cc(C)cc1[Si](C)(C)C. The van der Waals surface area contributed by atoms with E-state index in [9.17, 15) is 0 Å². The zero-order valence-corrected chi connectivity index (χ0v) is 11.8. The fourth-order valence-electron chi connectivity index (χ4n) is 1.85. The molecule has 15 heavy (non-hydrogen) atoms. The number of hydrogen-bond donors (Lipinski definition) is 0. The van der Waals surface area contributed by atoms with Crippen LogP contribution in [0.5, 0.6) is 5.75 Å². The highest BCUT2D eigenvalue weighted by Crippen LogP contribution is 2.21. The van der Waals surface area contributed by atoms with Crippen molar-refractivity contribution in [3.05, 3.63) is 23.3 Å². The number of benzene rings is 1. The second kappa shape index (κ2) is 4.39. The molecule has 1 aromatic carbocycles. The lowest BCUT2D eigenvalue weighted by molar-refractivity contribution is 0.340. The van der Waals surface area contributed by atoms with Crippen molar-refractivity contribution in [1.29, 1.82) is 0 Å². The second-order valence-corrected chi connectivity index (χ2v) is 10.2. The molecule has 1 nitrogen and oxygen atoms in total. The Balaban J connectivity index is 3.33. The average molecular weight is 222 g/mol. The normalized spacial score (nSPS) is 11.6. The quantitative estimate of drug-likeness (QED) is 0.713. The van der Waals surface area contributed by atoms with E-state index in [0.29, 0.717) is 0 Å². The molecule has 2 heteroatoms. The maximum Gasteiger partial charge on any atom is 0.121 e. The minimum absolute atomic E-state index is 0.751. The van der Waals surface area contributed by atoms with Crippen LogP contribution in [-0.4, -0.2) is 14.7 Å². The van der Waals surface area contributed by atoms with Gasteiger partial charge in [0.1, 0.15) is 5.75 Å². The second-order valence-electron chi connectivity index (χ2n) is 5.14. The molecule has 0 aliphatic heterocycles. The van der Waals surface area contributed by atoms with Crippen molar-refractivity contribution in [3.63, 3.8) is 0 Å². The van der Waals surface area contributed by atoms with E-state index < -0.39 is 8.07 Å². The van der Waals surface area contributed by atoms with Crippen molar-refractivity contribution < 1.29 is 4.74 Å². The van der Waals surface area contributed by atoms with Crippen molar-refractivity contribution in [2.45, 2.75) is 40.4 Å². The first-order valence-corrected chi connectivity index (χ1v) is 9.10. The van der Waals surface area contributed by atoms with Gasteiger partial charge in [-0.2, -0.15) is 0 Å². The van der Waals surface area contributed by atoms with E-state index >= 15 is 0 Å². The van der Waals surface area contributed by atoms with Gasteiger partial charge in [-0.15, -0.1) is 0 Å². The molecular formula is C13H22OSi. The summed E-state index contributed by atoms with van der Waals surface area (Å²) >= 11 is 0. The summed E-state index contributed by atoms with van der Waals surface area (Å²) in [5.74, 6) is 1.13. The Kier molecular flexibility index (Phi) is 3.61. The molecule has 0 unspecified atom stereocenters. The van der Waals surface area contributed by atoms with Crippen LogP contribution in [-0.2, 0) is 0 Å². The molecule has 0 aliphatic rings. The molecule has 0 fully saturated rings. The number of ether oxygens (including phenoxy) is 1. The molecular weight excluding hydrogens is 200 g/mol. The van der Waals surface area contributed by atoms with Gasteiger partial charge in [0.05, 0.1) is 14.7 Å². The van der Waals surface area contributed by atoms with Crippen molar-refractivity contribution in [2.75, 3.05) is 6.61 Å². The topological polar surface area (TPSA) is 9.23 Å². The Bertz CT molecular complexity index is 350. The molecule has 0 atom stereocenters. The fourth-order valence-corrected chi connectivity index (χ4v) is 3.46. The van der Waals surface area contributed by atoms with Crippen LogP contribution in [0.2, 0.25) is 19.6 Å². The smallest absolute Gasteiger partial charge is 0.121 e. The van der Waals surface area contributed by atoms with Gasteiger partial charge in [-0.05, 0) is 31.5 Å². The summed E-state index contributed by atoms with van der Waals surface area (Å²) in [7, 11) is -1.30. The average Bonchev–Trinajstić information content (AvgIpc) is 2.07. The Labute approximate surface area is 94.5 Å². The number of aryl methyl sites for hydroxylation is 2. The predicted molar refractivity (Wildman–Crippen MR) is 70.1 cm³/mol. The van der Waals surface area contributed by atoms with E-state index in [1.54, 1.807) is 0 Å². The van der Waals surface area contributed by atoms with Gasteiger partial charge >= 0.3 is 0 Å². The minimum Gasteiger partial charge on any atom is -0.494 e. The van der Waals surface area contributed by atoms with Crippen LogP contribution in [0, 0.1) is 13.8 Å². The maximum atomic E-state index is 5.78.